The Labute approximate surface area is 170 Å². The summed E-state index contributed by atoms with van der Waals surface area (Å²) in [6, 6.07) is 6.56. The fourth-order valence-electron chi connectivity index (χ4n) is 5.14. The van der Waals surface area contributed by atoms with Gasteiger partial charge in [0.25, 0.3) is 0 Å². The van der Waals surface area contributed by atoms with E-state index in [4.69, 9.17) is 4.74 Å². The summed E-state index contributed by atoms with van der Waals surface area (Å²) < 4.78 is 5.66. The van der Waals surface area contributed by atoms with Crippen molar-refractivity contribution in [2.45, 2.75) is 58.5 Å². The zero-order valence-corrected chi connectivity index (χ0v) is 17.1. The minimum atomic E-state index is -1.69. The molecular formula is C24H26O5. The van der Waals surface area contributed by atoms with E-state index in [0.717, 1.165) is 25.7 Å². The van der Waals surface area contributed by atoms with Crippen LogP contribution < -0.4 is 0 Å². The molecule has 1 aromatic rings. The Balaban J connectivity index is 1.86. The number of esters is 1. The first kappa shape index (κ1) is 19.7. The van der Waals surface area contributed by atoms with Gasteiger partial charge in [-0.05, 0) is 52.0 Å². The summed E-state index contributed by atoms with van der Waals surface area (Å²) in [6.45, 7) is 5.22. The molecule has 1 aromatic carbocycles. The smallest absolute Gasteiger partial charge is 0.324 e. The van der Waals surface area contributed by atoms with Gasteiger partial charge in [-0.1, -0.05) is 37.1 Å². The van der Waals surface area contributed by atoms with Crippen molar-refractivity contribution in [3.8, 4) is 0 Å². The van der Waals surface area contributed by atoms with Crippen LogP contribution in [0.5, 0.6) is 0 Å². The van der Waals surface area contributed by atoms with Crippen LogP contribution >= 0.6 is 0 Å². The van der Waals surface area contributed by atoms with E-state index in [0.29, 0.717) is 5.56 Å². The quantitative estimate of drug-likeness (QED) is 0.557. The topological polar surface area (TPSA) is 77.5 Å². The number of carbonyl (C=O) groups is 4. The molecule has 5 nitrogen and oxygen atoms in total. The summed E-state index contributed by atoms with van der Waals surface area (Å²) in [6.07, 6.45) is 4.98. The molecule has 0 aliphatic heterocycles. The maximum absolute atomic E-state index is 13.6. The van der Waals surface area contributed by atoms with E-state index in [2.05, 4.69) is 0 Å². The van der Waals surface area contributed by atoms with Crippen LogP contribution in [-0.2, 0) is 14.3 Å². The molecule has 0 heterocycles. The number of carbonyl (C=O) groups excluding carboxylic acids is 4. The number of ketones is 3. The average molecular weight is 394 g/mol. The van der Waals surface area contributed by atoms with Gasteiger partial charge in [0.1, 0.15) is 5.60 Å². The van der Waals surface area contributed by atoms with Gasteiger partial charge in [0.05, 0.1) is 0 Å². The fourth-order valence-corrected chi connectivity index (χ4v) is 5.14. The SMILES string of the molecule is CC(C)(C)OC(=O)C1(C2=CC(=O)c3ccccc3C2=O)C[C@@H]2CCCC[C@@H]2C1=O. The van der Waals surface area contributed by atoms with Crippen molar-refractivity contribution in [3.63, 3.8) is 0 Å². The molecule has 0 amide bonds. The van der Waals surface area contributed by atoms with Crippen molar-refractivity contribution in [2.75, 3.05) is 0 Å². The van der Waals surface area contributed by atoms with E-state index in [-0.39, 0.29) is 41.0 Å². The molecule has 1 unspecified atom stereocenters. The van der Waals surface area contributed by atoms with Gasteiger partial charge in [-0.15, -0.1) is 0 Å². The van der Waals surface area contributed by atoms with E-state index in [1.54, 1.807) is 45.0 Å². The molecule has 29 heavy (non-hydrogen) atoms. The highest BCUT2D eigenvalue weighted by Gasteiger charge is 2.63. The van der Waals surface area contributed by atoms with Gasteiger partial charge in [-0.3, -0.25) is 19.2 Å². The molecule has 3 atom stereocenters. The molecule has 2 fully saturated rings. The van der Waals surface area contributed by atoms with Crippen molar-refractivity contribution in [1.29, 1.82) is 0 Å². The van der Waals surface area contributed by atoms with Gasteiger partial charge in [-0.25, -0.2) is 0 Å². The predicted octanol–water partition coefficient (Wildman–Crippen LogP) is 4.10. The monoisotopic (exact) mass is 394 g/mol. The van der Waals surface area contributed by atoms with Crippen LogP contribution in [0.1, 0.15) is 73.6 Å². The fraction of sp³-hybridized carbons (Fsp3) is 0.500. The molecule has 0 spiro atoms. The molecular weight excluding hydrogens is 368 g/mol. The van der Waals surface area contributed by atoms with Crippen LogP contribution in [0.25, 0.3) is 0 Å². The van der Waals surface area contributed by atoms with Gasteiger partial charge < -0.3 is 4.74 Å². The Morgan fingerprint density at radius 1 is 1.03 bits per heavy atom. The lowest BCUT2D eigenvalue weighted by Crippen LogP contribution is -2.46. The van der Waals surface area contributed by atoms with Gasteiger partial charge in [0.2, 0.25) is 0 Å². The van der Waals surface area contributed by atoms with Crippen molar-refractivity contribution in [2.24, 2.45) is 17.3 Å². The molecule has 0 aromatic heterocycles. The van der Waals surface area contributed by atoms with Crippen LogP contribution in [0.3, 0.4) is 0 Å². The Morgan fingerprint density at radius 3 is 2.34 bits per heavy atom. The summed E-state index contributed by atoms with van der Waals surface area (Å²) in [4.78, 5) is 53.3. The van der Waals surface area contributed by atoms with Crippen molar-refractivity contribution in [1.82, 2.24) is 0 Å². The van der Waals surface area contributed by atoms with Crippen LogP contribution in [-0.4, -0.2) is 28.9 Å². The van der Waals surface area contributed by atoms with Gasteiger partial charge in [0.15, 0.2) is 22.8 Å². The first-order valence-corrected chi connectivity index (χ1v) is 10.3. The van der Waals surface area contributed by atoms with Crippen LogP contribution in [0, 0.1) is 17.3 Å². The summed E-state index contributed by atoms with van der Waals surface area (Å²) in [5.41, 5.74) is -1.94. The first-order valence-electron chi connectivity index (χ1n) is 10.3. The Morgan fingerprint density at radius 2 is 1.69 bits per heavy atom. The third-order valence-corrected chi connectivity index (χ3v) is 6.40. The lowest BCUT2D eigenvalue weighted by molar-refractivity contribution is -0.167. The molecule has 3 aliphatic carbocycles. The summed E-state index contributed by atoms with van der Waals surface area (Å²) in [5.74, 6) is -1.92. The normalized spacial score (nSPS) is 29.2. The largest absolute Gasteiger partial charge is 0.459 e. The van der Waals surface area contributed by atoms with Crippen LogP contribution in [0.15, 0.2) is 35.9 Å². The molecule has 152 valence electrons. The molecule has 4 rings (SSSR count). The Kier molecular flexibility index (Phi) is 4.60. The second-order valence-corrected chi connectivity index (χ2v) is 9.42. The third kappa shape index (κ3) is 3.07. The Bertz CT molecular complexity index is 948. The number of hydrogen-bond acceptors (Lipinski definition) is 5. The summed E-state index contributed by atoms with van der Waals surface area (Å²) in [5, 5.41) is 0. The van der Waals surface area contributed by atoms with Crippen molar-refractivity contribution < 1.29 is 23.9 Å². The molecule has 0 bridgehead atoms. The third-order valence-electron chi connectivity index (χ3n) is 6.40. The van der Waals surface area contributed by atoms with E-state index in [1.165, 1.54) is 6.08 Å². The molecule has 5 heteroatoms. The summed E-state index contributed by atoms with van der Waals surface area (Å²) >= 11 is 0. The number of ether oxygens (including phenoxy) is 1. The zero-order chi connectivity index (χ0) is 21.0. The molecule has 3 aliphatic rings. The highest BCUT2D eigenvalue weighted by Crippen LogP contribution is 2.54. The van der Waals surface area contributed by atoms with E-state index in [1.807, 2.05) is 0 Å². The molecule has 0 saturated heterocycles. The summed E-state index contributed by atoms with van der Waals surface area (Å²) in [7, 11) is 0. The average Bonchev–Trinajstić information content (AvgIpc) is 2.97. The maximum Gasteiger partial charge on any atom is 0.324 e. The highest BCUT2D eigenvalue weighted by atomic mass is 16.6. The minimum Gasteiger partial charge on any atom is -0.459 e. The predicted molar refractivity (Wildman–Crippen MR) is 107 cm³/mol. The number of fused-ring (bicyclic) bond motifs is 2. The van der Waals surface area contributed by atoms with Crippen LogP contribution in [0.4, 0.5) is 0 Å². The number of rotatable bonds is 2. The van der Waals surface area contributed by atoms with Crippen molar-refractivity contribution in [3.05, 3.63) is 47.0 Å². The zero-order valence-electron chi connectivity index (χ0n) is 17.1. The number of Topliss-reactive ketones (excluding diaryl/α,β-unsaturated/α-hetero) is 2. The van der Waals surface area contributed by atoms with E-state index < -0.39 is 22.8 Å². The van der Waals surface area contributed by atoms with E-state index in [9.17, 15) is 19.2 Å². The van der Waals surface area contributed by atoms with Gasteiger partial charge in [0, 0.05) is 22.6 Å². The van der Waals surface area contributed by atoms with E-state index >= 15 is 0 Å². The highest BCUT2D eigenvalue weighted by molar-refractivity contribution is 6.30. The van der Waals surface area contributed by atoms with Gasteiger partial charge >= 0.3 is 5.97 Å². The minimum absolute atomic E-state index is 0.00477. The van der Waals surface area contributed by atoms with Crippen LogP contribution in [0.2, 0.25) is 0 Å². The lowest BCUT2D eigenvalue weighted by atomic mass is 9.70. The maximum atomic E-state index is 13.6. The second-order valence-electron chi connectivity index (χ2n) is 9.42. The van der Waals surface area contributed by atoms with Crippen molar-refractivity contribution >= 4 is 23.3 Å². The number of allylic oxidation sites excluding steroid dienone is 1. The van der Waals surface area contributed by atoms with Gasteiger partial charge in [-0.2, -0.15) is 0 Å². The first-order chi connectivity index (χ1) is 13.6. The number of benzene rings is 1. The number of hydrogen-bond donors (Lipinski definition) is 0. The Hall–Kier alpha value is -2.56. The standard InChI is InChI=1S/C24H26O5/c1-23(2,3)29-22(28)24(13-14-8-4-5-9-15(14)21(24)27)18-12-19(25)16-10-6-7-11-17(16)20(18)26/h6-7,10-12,14-15H,4-5,8-9,13H2,1-3H3/t14-,15-,24?/m0/s1. The lowest BCUT2D eigenvalue weighted by Gasteiger charge is -2.33. The molecule has 2 saturated carbocycles. The molecule has 0 N–H and O–H groups in total. The second kappa shape index (κ2) is 6.75. The molecule has 0 radical (unpaired) electrons.